The minimum absolute atomic E-state index is 0.0648. The molecule has 1 rings (SSSR count). The molecule has 0 spiro atoms. The Balaban J connectivity index is 2.89. The third-order valence-corrected chi connectivity index (χ3v) is 1.74. The van der Waals surface area contributed by atoms with E-state index in [1.165, 1.54) is 0 Å². The lowest BCUT2D eigenvalue weighted by atomic mass is 10.0. The van der Waals surface area contributed by atoms with Crippen LogP contribution in [-0.2, 0) is 0 Å². The van der Waals surface area contributed by atoms with E-state index >= 15 is 0 Å². The van der Waals surface area contributed by atoms with Crippen LogP contribution in [0.5, 0.6) is 0 Å². The lowest BCUT2D eigenvalue weighted by molar-refractivity contribution is 0.606. The zero-order chi connectivity index (χ0) is 8.27. The number of halogens is 1. The summed E-state index contributed by atoms with van der Waals surface area (Å²) in [5.74, 6) is 0.207. The standard InChI is InChI=1S/C10H13F/c1-8(2)9-6-4-3-5-7-10(9)11/h3-4,6-8H,5H2,1-2H3. The molecule has 0 saturated heterocycles. The van der Waals surface area contributed by atoms with E-state index in [0.717, 1.165) is 5.57 Å². The molecule has 0 heterocycles. The van der Waals surface area contributed by atoms with Crippen LogP contribution in [0.2, 0.25) is 0 Å². The monoisotopic (exact) mass is 152 g/mol. The van der Waals surface area contributed by atoms with Crippen LogP contribution in [0, 0.1) is 5.92 Å². The Morgan fingerprint density at radius 3 is 2.82 bits per heavy atom. The molecule has 1 heteroatoms. The molecule has 0 radical (unpaired) electrons. The summed E-state index contributed by atoms with van der Waals surface area (Å²) in [6.45, 7) is 4.00. The van der Waals surface area contributed by atoms with Crippen LogP contribution in [0.1, 0.15) is 20.3 Å². The van der Waals surface area contributed by atoms with E-state index in [1.807, 2.05) is 32.1 Å². The molecule has 0 atom stereocenters. The SMILES string of the molecule is CC(C)C1=CC=CCC=C1F. The van der Waals surface area contributed by atoms with Gasteiger partial charge in [-0.25, -0.2) is 4.39 Å². The van der Waals surface area contributed by atoms with Gasteiger partial charge in [0.2, 0.25) is 0 Å². The fourth-order valence-electron chi connectivity index (χ4n) is 1.09. The number of rotatable bonds is 1. The van der Waals surface area contributed by atoms with E-state index in [9.17, 15) is 4.39 Å². The van der Waals surface area contributed by atoms with Gasteiger partial charge in [0.25, 0.3) is 0 Å². The van der Waals surface area contributed by atoms with Gasteiger partial charge in [0.15, 0.2) is 0 Å². The molecule has 0 amide bonds. The average molecular weight is 152 g/mol. The summed E-state index contributed by atoms with van der Waals surface area (Å²) in [5.41, 5.74) is 0.804. The van der Waals surface area contributed by atoms with Crippen molar-refractivity contribution in [2.45, 2.75) is 20.3 Å². The van der Waals surface area contributed by atoms with Gasteiger partial charge in [0.05, 0.1) is 0 Å². The van der Waals surface area contributed by atoms with Gasteiger partial charge in [0, 0.05) is 0 Å². The van der Waals surface area contributed by atoms with Crippen molar-refractivity contribution in [2.75, 3.05) is 0 Å². The number of hydrogen-bond donors (Lipinski definition) is 0. The van der Waals surface area contributed by atoms with Gasteiger partial charge < -0.3 is 0 Å². The molecule has 0 aromatic rings. The fraction of sp³-hybridized carbons (Fsp3) is 0.400. The lowest BCUT2D eigenvalue weighted by Crippen LogP contribution is -1.93. The molecule has 1 aliphatic rings. The highest BCUT2D eigenvalue weighted by Crippen LogP contribution is 2.22. The van der Waals surface area contributed by atoms with Crippen molar-refractivity contribution in [2.24, 2.45) is 5.92 Å². The molecule has 0 aliphatic heterocycles. The molecule has 0 nitrogen and oxygen atoms in total. The van der Waals surface area contributed by atoms with Gasteiger partial charge >= 0.3 is 0 Å². The second-order valence-electron chi connectivity index (χ2n) is 2.99. The zero-order valence-corrected chi connectivity index (χ0v) is 6.97. The maximum Gasteiger partial charge on any atom is 0.122 e. The maximum absolute atomic E-state index is 13.1. The second kappa shape index (κ2) is 3.51. The van der Waals surface area contributed by atoms with Gasteiger partial charge in [0.1, 0.15) is 5.83 Å². The van der Waals surface area contributed by atoms with Gasteiger partial charge in [-0.1, -0.05) is 32.1 Å². The highest BCUT2D eigenvalue weighted by atomic mass is 19.1. The summed E-state index contributed by atoms with van der Waals surface area (Å²) in [7, 11) is 0. The van der Waals surface area contributed by atoms with Crippen molar-refractivity contribution in [1.82, 2.24) is 0 Å². The molecule has 0 aromatic carbocycles. The molecule has 1 aliphatic carbocycles. The van der Waals surface area contributed by atoms with Crippen molar-refractivity contribution in [3.8, 4) is 0 Å². The first-order valence-corrected chi connectivity index (χ1v) is 3.94. The Labute approximate surface area is 67.1 Å². The molecule has 0 saturated carbocycles. The molecule has 60 valence electrons. The third-order valence-electron chi connectivity index (χ3n) is 1.74. The Morgan fingerprint density at radius 2 is 2.18 bits per heavy atom. The van der Waals surface area contributed by atoms with E-state index < -0.39 is 0 Å². The summed E-state index contributed by atoms with van der Waals surface area (Å²) in [6.07, 6.45) is 8.05. The van der Waals surface area contributed by atoms with Gasteiger partial charge in [-0.05, 0) is 24.0 Å². The van der Waals surface area contributed by atoms with Crippen molar-refractivity contribution in [3.63, 3.8) is 0 Å². The average Bonchev–Trinajstić information content (AvgIpc) is 2.13. The Morgan fingerprint density at radius 1 is 1.45 bits per heavy atom. The summed E-state index contributed by atoms with van der Waals surface area (Å²) in [6, 6.07) is 0. The van der Waals surface area contributed by atoms with E-state index in [-0.39, 0.29) is 11.7 Å². The molecule has 0 bridgehead atoms. The largest absolute Gasteiger partial charge is 0.207 e. The van der Waals surface area contributed by atoms with E-state index in [0.29, 0.717) is 6.42 Å². The van der Waals surface area contributed by atoms with Crippen LogP contribution < -0.4 is 0 Å². The third kappa shape index (κ3) is 2.04. The Bertz CT molecular complexity index is 219. The molecular formula is C10H13F. The molecule has 0 aromatic heterocycles. The van der Waals surface area contributed by atoms with Crippen LogP contribution in [-0.4, -0.2) is 0 Å². The maximum atomic E-state index is 13.1. The summed E-state index contributed by atoms with van der Waals surface area (Å²) >= 11 is 0. The van der Waals surface area contributed by atoms with Crippen molar-refractivity contribution in [3.05, 3.63) is 35.7 Å². The first-order chi connectivity index (χ1) is 5.22. The lowest BCUT2D eigenvalue weighted by Gasteiger charge is -2.06. The summed E-state index contributed by atoms with van der Waals surface area (Å²) in [5, 5.41) is 0. The molecule has 0 fully saturated rings. The smallest absolute Gasteiger partial charge is 0.122 e. The second-order valence-corrected chi connectivity index (χ2v) is 2.99. The summed E-state index contributed by atoms with van der Waals surface area (Å²) < 4.78 is 13.1. The highest BCUT2D eigenvalue weighted by molar-refractivity contribution is 5.33. The minimum atomic E-state index is -0.0648. The zero-order valence-electron chi connectivity index (χ0n) is 6.97. The molecule has 11 heavy (non-hydrogen) atoms. The minimum Gasteiger partial charge on any atom is -0.207 e. The first-order valence-electron chi connectivity index (χ1n) is 3.94. The predicted octanol–water partition coefficient (Wildman–Crippen LogP) is 3.38. The van der Waals surface area contributed by atoms with Crippen LogP contribution >= 0.6 is 0 Å². The molecular weight excluding hydrogens is 139 g/mol. The van der Waals surface area contributed by atoms with Crippen LogP contribution in [0.15, 0.2) is 35.7 Å². The molecule has 0 unspecified atom stereocenters. The number of hydrogen-bond acceptors (Lipinski definition) is 0. The van der Waals surface area contributed by atoms with Crippen molar-refractivity contribution < 1.29 is 4.39 Å². The Kier molecular flexibility index (Phi) is 2.64. The quantitative estimate of drug-likeness (QED) is 0.540. The van der Waals surface area contributed by atoms with E-state index in [4.69, 9.17) is 0 Å². The normalized spacial score (nSPS) is 17.8. The Hall–Kier alpha value is -0.850. The van der Waals surface area contributed by atoms with Crippen LogP contribution in [0.3, 0.4) is 0 Å². The van der Waals surface area contributed by atoms with Crippen LogP contribution in [0.4, 0.5) is 4.39 Å². The number of allylic oxidation sites excluding steroid dienone is 6. The highest BCUT2D eigenvalue weighted by Gasteiger charge is 2.08. The first kappa shape index (κ1) is 8.25. The fourth-order valence-corrected chi connectivity index (χ4v) is 1.09. The molecule has 0 N–H and O–H groups in total. The van der Waals surface area contributed by atoms with Crippen LogP contribution in [0.25, 0.3) is 0 Å². The van der Waals surface area contributed by atoms with Crippen molar-refractivity contribution >= 4 is 0 Å². The van der Waals surface area contributed by atoms with E-state index in [1.54, 1.807) is 6.08 Å². The van der Waals surface area contributed by atoms with Gasteiger partial charge in [-0.2, -0.15) is 0 Å². The van der Waals surface area contributed by atoms with Crippen molar-refractivity contribution in [1.29, 1.82) is 0 Å². The van der Waals surface area contributed by atoms with Gasteiger partial charge in [-0.15, -0.1) is 0 Å². The predicted molar refractivity (Wildman–Crippen MR) is 45.9 cm³/mol. The van der Waals surface area contributed by atoms with E-state index in [2.05, 4.69) is 0 Å². The topological polar surface area (TPSA) is 0 Å². The summed E-state index contributed by atoms with van der Waals surface area (Å²) in [4.78, 5) is 0. The van der Waals surface area contributed by atoms with Gasteiger partial charge in [-0.3, -0.25) is 0 Å².